The largest absolute Gasteiger partial charge is 0.481 e. The van der Waals surface area contributed by atoms with Crippen molar-refractivity contribution < 1.29 is 23.4 Å². The molecule has 3 rings (SSSR count). The first-order chi connectivity index (χ1) is 8.39. The van der Waals surface area contributed by atoms with Gasteiger partial charge in [-0.15, -0.1) is 0 Å². The van der Waals surface area contributed by atoms with E-state index in [1.165, 1.54) is 0 Å². The van der Waals surface area contributed by atoms with Crippen LogP contribution < -0.4 is 0 Å². The van der Waals surface area contributed by atoms with Crippen LogP contribution in [0.25, 0.3) is 0 Å². The van der Waals surface area contributed by atoms with Gasteiger partial charge in [0.2, 0.25) is 0 Å². The van der Waals surface area contributed by atoms with Crippen molar-refractivity contribution in [1.29, 1.82) is 0 Å². The number of carboxylic acid groups (broad SMARTS) is 1. The lowest BCUT2D eigenvalue weighted by molar-refractivity contribution is -0.142. The Morgan fingerprint density at radius 2 is 1.89 bits per heavy atom. The lowest BCUT2D eigenvalue weighted by Gasteiger charge is -2.30. The zero-order valence-corrected chi connectivity index (χ0v) is 10.7. The maximum atomic E-state index is 11.6. The van der Waals surface area contributed by atoms with Gasteiger partial charge in [-0.25, -0.2) is 8.42 Å². The number of hydrogen-bond donors (Lipinski definition) is 2. The number of sulfone groups is 1. The Balaban J connectivity index is 1.84. The van der Waals surface area contributed by atoms with Crippen LogP contribution >= 0.6 is 0 Å². The first-order valence-electron chi connectivity index (χ1n) is 6.28. The van der Waals surface area contributed by atoms with Gasteiger partial charge >= 0.3 is 5.97 Å². The third kappa shape index (κ3) is 1.76. The predicted molar refractivity (Wildman–Crippen MR) is 62.8 cm³/mol. The van der Waals surface area contributed by atoms with E-state index >= 15 is 0 Å². The molecule has 3 aliphatic heterocycles. The summed E-state index contributed by atoms with van der Waals surface area (Å²) in [7, 11) is -3.18. The highest BCUT2D eigenvalue weighted by atomic mass is 32.2. The highest BCUT2D eigenvalue weighted by molar-refractivity contribution is 7.91. The van der Waals surface area contributed by atoms with E-state index in [9.17, 15) is 18.3 Å². The molecule has 3 saturated heterocycles. The number of aliphatic hydroxyl groups is 1. The molecule has 7 heteroatoms. The molecule has 18 heavy (non-hydrogen) atoms. The van der Waals surface area contributed by atoms with Crippen molar-refractivity contribution in [3.63, 3.8) is 0 Å². The van der Waals surface area contributed by atoms with E-state index in [1.807, 2.05) is 4.90 Å². The van der Waals surface area contributed by atoms with Crippen LogP contribution in [-0.2, 0) is 14.6 Å². The maximum absolute atomic E-state index is 11.6. The van der Waals surface area contributed by atoms with Crippen LogP contribution in [0.5, 0.6) is 0 Å². The highest BCUT2D eigenvalue weighted by Gasteiger charge is 2.55. The summed E-state index contributed by atoms with van der Waals surface area (Å²) in [5.74, 6) is -1.43. The fourth-order valence-electron chi connectivity index (χ4n) is 3.91. The zero-order chi connectivity index (χ0) is 13.1. The van der Waals surface area contributed by atoms with E-state index in [2.05, 4.69) is 0 Å². The fourth-order valence-corrected chi connectivity index (χ4v) is 5.70. The summed E-state index contributed by atoms with van der Waals surface area (Å²) < 4.78 is 23.1. The van der Waals surface area contributed by atoms with Gasteiger partial charge < -0.3 is 10.2 Å². The number of hydrogen-bond acceptors (Lipinski definition) is 5. The van der Waals surface area contributed by atoms with Crippen LogP contribution in [0.4, 0.5) is 0 Å². The maximum Gasteiger partial charge on any atom is 0.308 e. The minimum Gasteiger partial charge on any atom is -0.481 e. The molecule has 0 aromatic heterocycles. The number of aliphatic hydroxyl groups excluding tert-OH is 1. The minimum atomic E-state index is -3.18. The Morgan fingerprint density at radius 3 is 2.39 bits per heavy atom. The Labute approximate surface area is 106 Å². The molecule has 2 N–H and O–H groups in total. The number of fused-ring (bicyclic) bond motifs is 2. The van der Waals surface area contributed by atoms with Gasteiger partial charge in [0.05, 0.1) is 29.6 Å². The molecule has 0 aromatic rings. The third-order valence-corrected chi connectivity index (χ3v) is 6.28. The van der Waals surface area contributed by atoms with Crippen LogP contribution in [-0.4, -0.2) is 65.2 Å². The molecule has 6 nitrogen and oxygen atoms in total. The quantitative estimate of drug-likeness (QED) is 0.677. The summed E-state index contributed by atoms with van der Waals surface area (Å²) in [5.41, 5.74) is 0. The summed E-state index contributed by atoms with van der Waals surface area (Å²) in [4.78, 5) is 13.1. The van der Waals surface area contributed by atoms with Gasteiger partial charge in [0.15, 0.2) is 9.84 Å². The number of carboxylic acids is 1. The fraction of sp³-hybridized carbons (Fsp3) is 0.909. The van der Waals surface area contributed by atoms with E-state index < -0.39 is 33.9 Å². The standard InChI is InChI=1S/C11H17NO5S/c13-10-5-18(16,17)4-9(10)12-6-1-2-8(12)7(3-6)11(14)15/h6-10,13H,1-5H2,(H,14,15). The number of nitrogens with zero attached hydrogens (tertiary/aromatic N) is 1. The lowest BCUT2D eigenvalue weighted by atomic mass is 9.89. The molecule has 2 bridgehead atoms. The van der Waals surface area contributed by atoms with Gasteiger partial charge in [0.1, 0.15) is 0 Å². The molecular weight excluding hydrogens is 258 g/mol. The van der Waals surface area contributed by atoms with Crippen molar-refractivity contribution in [3.8, 4) is 0 Å². The molecule has 3 fully saturated rings. The van der Waals surface area contributed by atoms with Crippen molar-refractivity contribution in [2.24, 2.45) is 5.92 Å². The smallest absolute Gasteiger partial charge is 0.308 e. The van der Waals surface area contributed by atoms with Crippen molar-refractivity contribution in [2.45, 2.75) is 43.5 Å². The van der Waals surface area contributed by atoms with Crippen molar-refractivity contribution in [2.75, 3.05) is 11.5 Å². The van der Waals surface area contributed by atoms with E-state index in [4.69, 9.17) is 5.11 Å². The SMILES string of the molecule is O=C(O)C1CC2CCC1N2C1CS(=O)(=O)CC1O. The molecule has 0 radical (unpaired) electrons. The summed E-state index contributed by atoms with van der Waals surface area (Å²) in [6.07, 6.45) is 1.43. The molecule has 0 spiro atoms. The number of carbonyl (C=O) groups is 1. The molecule has 5 atom stereocenters. The normalized spacial score (nSPS) is 46.6. The van der Waals surface area contributed by atoms with Crippen LogP contribution in [0.3, 0.4) is 0 Å². The van der Waals surface area contributed by atoms with E-state index in [-0.39, 0.29) is 23.6 Å². The predicted octanol–water partition coefficient (Wildman–Crippen LogP) is -0.918. The van der Waals surface area contributed by atoms with Crippen LogP contribution in [0, 0.1) is 5.92 Å². The Kier molecular flexibility index (Phi) is 2.69. The molecule has 3 heterocycles. The average Bonchev–Trinajstić information content (AvgIpc) is 2.88. The van der Waals surface area contributed by atoms with Gasteiger partial charge in [-0.1, -0.05) is 0 Å². The first kappa shape index (κ1) is 12.4. The Bertz CT molecular complexity index is 476. The molecule has 102 valence electrons. The third-order valence-electron chi connectivity index (χ3n) is 4.58. The Hall–Kier alpha value is -0.660. The van der Waals surface area contributed by atoms with E-state index in [1.54, 1.807) is 0 Å². The Morgan fingerprint density at radius 1 is 1.17 bits per heavy atom. The van der Waals surface area contributed by atoms with Crippen LogP contribution in [0.15, 0.2) is 0 Å². The first-order valence-corrected chi connectivity index (χ1v) is 8.10. The molecule has 0 aromatic carbocycles. The topological polar surface area (TPSA) is 94.9 Å². The van der Waals surface area contributed by atoms with Crippen molar-refractivity contribution >= 4 is 15.8 Å². The van der Waals surface area contributed by atoms with Gasteiger partial charge in [-0.2, -0.15) is 0 Å². The second kappa shape index (κ2) is 3.91. The van der Waals surface area contributed by atoms with Gasteiger partial charge in [0, 0.05) is 12.1 Å². The van der Waals surface area contributed by atoms with Crippen molar-refractivity contribution in [1.82, 2.24) is 4.90 Å². The lowest BCUT2D eigenvalue weighted by Crippen LogP contribution is -2.47. The van der Waals surface area contributed by atoms with Gasteiger partial charge in [0.25, 0.3) is 0 Å². The van der Waals surface area contributed by atoms with Crippen LogP contribution in [0.1, 0.15) is 19.3 Å². The zero-order valence-electron chi connectivity index (χ0n) is 9.90. The molecule has 0 aliphatic carbocycles. The van der Waals surface area contributed by atoms with Crippen molar-refractivity contribution in [3.05, 3.63) is 0 Å². The van der Waals surface area contributed by atoms with E-state index in [0.717, 1.165) is 12.8 Å². The average molecular weight is 275 g/mol. The second-order valence-corrected chi connectivity index (χ2v) is 7.79. The number of aliphatic carboxylic acids is 1. The van der Waals surface area contributed by atoms with Gasteiger partial charge in [-0.3, -0.25) is 9.69 Å². The summed E-state index contributed by atoms with van der Waals surface area (Å²) in [6.45, 7) is 0. The molecule has 5 unspecified atom stereocenters. The molecule has 0 saturated carbocycles. The molecule has 0 amide bonds. The molecular formula is C11H17NO5S. The summed E-state index contributed by atoms with van der Waals surface area (Å²) in [5, 5.41) is 19.1. The van der Waals surface area contributed by atoms with Crippen LogP contribution in [0.2, 0.25) is 0 Å². The van der Waals surface area contributed by atoms with E-state index in [0.29, 0.717) is 6.42 Å². The molecule has 3 aliphatic rings. The second-order valence-electron chi connectivity index (χ2n) is 5.64. The summed E-state index contributed by atoms with van der Waals surface area (Å²) >= 11 is 0. The summed E-state index contributed by atoms with van der Waals surface area (Å²) in [6, 6.07) is -0.374. The number of rotatable bonds is 2. The highest BCUT2D eigenvalue weighted by Crippen LogP contribution is 2.44. The minimum absolute atomic E-state index is 0.0342. The monoisotopic (exact) mass is 275 g/mol. The van der Waals surface area contributed by atoms with Gasteiger partial charge in [-0.05, 0) is 19.3 Å².